The molecular weight excluding hydrogens is 265 g/mol. The summed E-state index contributed by atoms with van der Waals surface area (Å²) >= 11 is 3.94. The minimum atomic E-state index is -0.454. The van der Waals surface area contributed by atoms with Gasteiger partial charge in [-0.05, 0) is 42.5 Å². The molecule has 0 aromatic heterocycles. The normalized spacial score (nSPS) is 10.1. The number of nitrogens with one attached hydrogen (secondary N) is 1. The Bertz CT molecular complexity index is 599. The summed E-state index contributed by atoms with van der Waals surface area (Å²) in [5, 5.41) is 2.71. The Kier molecular flexibility index (Phi) is 4.06. The molecule has 0 aliphatic carbocycles. The zero-order valence-corrected chi connectivity index (χ0v) is 11.1. The molecule has 2 aromatic rings. The van der Waals surface area contributed by atoms with Crippen molar-refractivity contribution in [3.63, 3.8) is 0 Å². The van der Waals surface area contributed by atoms with Crippen LogP contribution in [0.1, 0.15) is 10.4 Å². The lowest BCUT2D eigenvalue weighted by Gasteiger charge is -2.07. The highest BCUT2D eigenvalue weighted by Crippen LogP contribution is 2.18. The van der Waals surface area contributed by atoms with E-state index in [4.69, 9.17) is 4.74 Å². The molecule has 19 heavy (non-hydrogen) atoms. The number of rotatable bonds is 3. The lowest BCUT2D eigenvalue weighted by atomic mass is 10.2. The smallest absolute Gasteiger partial charge is 0.255 e. The van der Waals surface area contributed by atoms with Crippen molar-refractivity contribution in [1.29, 1.82) is 0 Å². The minimum Gasteiger partial charge on any atom is -0.497 e. The van der Waals surface area contributed by atoms with Gasteiger partial charge in [-0.3, -0.25) is 4.79 Å². The number of carbonyl (C=O) groups excluding carboxylic acids is 1. The van der Waals surface area contributed by atoms with E-state index in [0.29, 0.717) is 17.0 Å². The first-order chi connectivity index (χ1) is 9.10. The van der Waals surface area contributed by atoms with E-state index >= 15 is 0 Å². The second kappa shape index (κ2) is 5.75. The Balaban J connectivity index is 2.13. The average Bonchev–Trinajstić information content (AvgIpc) is 2.42. The molecular formula is C14H12FNO2S. The molecule has 0 spiro atoms. The van der Waals surface area contributed by atoms with E-state index in [2.05, 4.69) is 17.9 Å². The Morgan fingerprint density at radius 2 is 1.89 bits per heavy atom. The van der Waals surface area contributed by atoms with Crippen molar-refractivity contribution in [2.45, 2.75) is 4.90 Å². The minimum absolute atomic E-state index is 0.141. The number of methoxy groups -OCH3 is 1. The predicted octanol–water partition coefficient (Wildman–Crippen LogP) is 3.38. The number of hydrogen-bond acceptors (Lipinski definition) is 3. The van der Waals surface area contributed by atoms with Gasteiger partial charge in [0, 0.05) is 16.1 Å². The topological polar surface area (TPSA) is 38.3 Å². The van der Waals surface area contributed by atoms with Gasteiger partial charge in [-0.2, -0.15) is 0 Å². The van der Waals surface area contributed by atoms with Gasteiger partial charge in [0.25, 0.3) is 5.91 Å². The third-order valence-corrected chi connectivity index (χ3v) is 2.90. The lowest BCUT2D eigenvalue weighted by Crippen LogP contribution is -2.11. The van der Waals surface area contributed by atoms with E-state index in [9.17, 15) is 9.18 Å². The van der Waals surface area contributed by atoms with Crippen LogP contribution in [0, 0.1) is 5.82 Å². The van der Waals surface area contributed by atoms with Crippen LogP contribution in [-0.4, -0.2) is 13.0 Å². The SMILES string of the molecule is COc1ccc(NC(=O)c2ccc(F)c(S)c2)cc1. The fraction of sp³-hybridized carbons (Fsp3) is 0.0714. The van der Waals surface area contributed by atoms with Crippen LogP contribution in [0.5, 0.6) is 5.75 Å². The van der Waals surface area contributed by atoms with Crippen molar-refractivity contribution in [3.8, 4) is 5.75 Å². The van der Waals surface area contributed by atoms with Gasteiger partial charge in [-0.25, -0.2) is 4.39 Å². The summed E-state index contributed by atoms with van der Waals surface area (Å²) in [6, 6.07) is 10.9. The Morgan fingerprint density at radius 3 is 2.47 bits per heavy atom. The average molecular weight is 277 g/mol. The summed E-state index contributed by atoms with van der Waals surface area (Å²) in [6.07, 6.45) is 0. The molecule has 0 saturated heterocycles. The molecule has 0 unspecified atom stereocenters. The first-order valence-corrected chi connectivity index (χ1v) is 5.99. The maximum atomic E-state index is 13.1. The third kappa shape index (κ3) is 3.26. The number of anilines is 1. The number of benzene rings is 2. The molecule has 0 aliphatic rings. The van der Waals surface area contributed by atoms with Crippen LogP contribution >= 0.6 is 12.6 Å². The molecule has 3 nitrogen and oxygen atoms in total. The molecule has 0 saturated carbocycles. The summed E-state index contributed by atoms with van der Waals surface area (Å²) in [7, 11) is 1.57. The summed E-state index contributed by atoms with van der Waals surface area (Å²) in [5.74, 6) is -0.0674. The van der Waals surface area contributed by atoms with Crippen LogP contribution in [-0.2, 0) is 0 Å². The number of halogens is 1. The van der Waals surface area contributed by atoms with Crippen molar-refractivity contribution in [3.05, 3.63) is 53.8 Å². The van der Waals surface area contributed by atoms with Gasteiger partial charge >= 0.3 is 0 Å². The lowest BCUT2D eigenvalue weighted by molar-refractivity contribution is 0.102. The number of ether oxygens (including phenoxy) is 1. The summed E-state index contributed by atoms with van der Waals surface area (Å²) < 4.78 is 18.1. The van der Waals surface area contributed by atoms with Crippen LogP contribution in [0.3, 0.4) is 0 Å². The molecule has 0 radical (unpaired) electrons. The zero-order chi connectivity index (χ0) is 13.8. The van der Waals surface area contributed by atoms with E-state index in [1.165, 1.54) is 18.2 Å². The monoisotopic (exact) mass is 277 g/mol. The van der Waals surface area contributed by atoms with Crippen LogP contribution in [0.4, 0.5) is 10.1 Å². The van der Waals surface area contributed by atoms with Crippen LogP contribution in [0.2, 0.25) is 0 Å². The fourth-order valence-electron chi connectivity index (χ4n) is 1.53. The second-order valence-electron chi connectivity index (χ2n) is 3.85. The molecule has 0 bridgehead atoms. The van der Waals surface area contributed by atoms with E-state index in [1.807, 2.05) is 0 Å². The maximum absolute atomic E-state index is 13.1. The molecule has 5 heteroatoms. The first-order valence-electron chi connectivity index (χ1n) is 5.54. The van der Waals surface area contributed by atoms with Crippen LogP contribution in [0.25, 0.3) is 0 Å². The summed E-state index contributed by atoms with van der Waals surface area (Å²) in [5.41, 5.74) is 0.984. The standard InChI is InChI=1S/C14H12FNO2S/c1-18-11-5-3-10(4-6-11)16-14(17)9-2-7-12(15)13(19)8-9/h2-8,19H,1H3,(H,16,17). The molecule has 1 N–H and O–H groups in total. The van der Waals surface area contributed by atoms with Gasteiger partial charge in [0.15, 0.2) is 0 Å². The zero-order valence-electron chi connectivity index (χ0n) is 10.2. The van der Waals surface area contributed by atoms with E-state index in [-0.39, 0.29) is 10.8 Å². The van der Waals surface area contributed by atoms with Crippen molar-refractivity contribution < 1.29 is 13.9 Å². The van der Waals surface area contributed by atoms with Crippen molar-refractivity contribution in [2.24, 2.45) is 0 Å². The Labute approximate surface area is 115 Å². The highest BCUT2D eigenvalue weighted by molar-refractivity contribution is 7.80. The van der Waals surface area contributed by atoms with E-state index in [0.717, 1.165) is 0 Å². The predicted molar refractivity (Wildman–Crippen MR) is 74.6 cm³/mol. The highest BCUT2D eigenvalue weighted by atomic mass is 32.1. The van der Waals surface area contributed by atoms with E-state index < -0.39 is 5.82 Å². The van der Waals surface area contributed by atoms with Gasteiger partial charge in [-0.1, -0.05) is 0 Å². The summed E-state index contributed by atoms with van der Waals surface area (Å²) in [6.45, 7) is 0. The first kappa shape index (κ1) is 13.4. The highest BCUT2D eigenvalue weighted by Gasteiger charge is 2.08. The molecule has 0 fully saturated rings. The van der Waals surface area contributed by atoms with Crippen LogP contribution < -0.4 is 10.1 Å². The second-order valence-corrected chi connectivity index (χ2v) is 4.33. The van der Waals surface area contributed by atoms with Gasteiger partial charge in [0.2, 0.25) is 0 Å². The fourth-order valence-corrected chi connectivity index (χ4v) is 1.75. The molecule has 2 rings (SSSR count). The largest absolute Gasteiger partial charge is 0.497 e. The Morgan fingerprint density at radius 1 is 1.21 bits per heavy atom. The quantitative estimate of drug-likeness (QED) is 0.844. The van der Waals surface area contributed by atoms with Crippen molar-refractivity contribution in [1.82, 2.24) is 0 Å². The number of amides is 1. The maximum Gasteiger partial charge on any atom is 0.255 e. The molecule has 0 heterocycles. The molecule has 1 amide bonds. The molecule has 0 atom stereocenters. The third-order valence-electron chi connectivity index (χ3n) is 2.56. The van der Waals surface area contributed by atoms with Gasteiger partial charge in [0.05, 0.1) is 7.11 Å². The van der Waals surface area contributed by atoms with E-state index in [1.54, 1.807) is 31.4 Å². The summed E-state index contributed by atoms with van der Waals surface area (Å²) in [4.78, 5) is 12.1. The van der Waals surface area contributed by atoms with Crippen molar-refractivity contribution in [2.75, 3.05) is 12.4 Å². The van der Waals surface area contributed by atoms with Crippen LogP contribution in [0.15, 0.2) is 47.4 Å². The molecule has 98 valence electrons. The number of hydrogen-bond donors (Lipinski definition) is 2. The molecule has 0 aliphatic heterocycles. The van der Waals surface area contributed by atoms with Gasteiger partial charge < -0.3 is 10.1 Å². The number of carbonyl (C=O) groups is 1. The van der Waals surface area contributed by atoms with Gasteiger partial charge in [0.1, 0.15) is 11.6 Å². The molecule has 2 aromatic carbocycles. The number of thiol groups is 1. The Hall–Kier alpha value is -2.01. The van der Waals surface area contributed by atoms with Gasteiger partial charge in [-0.15, -0.1) is 12.6 Å². The van der Waals surface area contributed by atoms with Crippen molar-refractivity contribution >= 4 is 24.2 Å².